The molecule has 0 unspecified atom stereocenters. The topological polar surface area (TPSA) is 89.6 Å². The number of hydrogen-bond donors (Lipinski definition) is 2. The minimum atomic E-state index is -0.432. The first-order chi connectivity index (χ1) is 12.4. The normalized spacial score (nSPS) is 10.1. The molecule has 1 aromatic heterocycles. The lowest BCUT2D eigenvalue weighted by Gasteiger charge is -2.08. The molecular weight excluding hydrogens is 374 g/mol. The number of ether oxygens (including phenoxy) is 2. The third kappa shape index (κ3) is 5.24. The predicted octanol–water partition coefficient (Wildman–Crippen LogP) is 3.15. The van der Waals surface area contributed by atoms with Gasteiger partial charge in [0.25, 0.3) is 5.91 Å². The van der Waals surface area contributed by atoms with Crippen molar-refractivity contribution in [1.29, 1.82) is 0 Å². The van der Waals surface area contributed by atoms with E-state index in [2.05, 4.69) is 15.6 Å². The molecule has 1 heterocycles. The Balaban J connectivity index is 2.00. The van der Waals surface area contributed by atoms with E-state index < -0.39 is 5.97 Å². The zero-order valence-corrected chi connectivity index (χ0v) is 16.3. The number of anilines is 1. The Kier molecular flexibility index (Phi) is 7.05. The number of nitrogens with one attached hydrogen (secondary N) is 2. The largest absolute Gasteiger partial charge is 0.494 e. The molecule has 1 amide bonds. The number of amides is 1. The maximum absolute atomic E-state index is 12.3. The first-order valence-corrected chi connectivity index (χ1v) is 9.16. The van der Waals surface area contributed by atoms with Crippen molar-refractivity contribution in [2.75, 3.05) is 18.5 Å². The second-order valence-electron chi connectivity index (χ2n) is 5.02. The van der Waals surface area contributed by atoms with Crippen molar-refractivity contribution in [2.45, 2.75) is 20.8 Å². The van der Waals surface area contributed by atoms with Crippen LogP contribution in [0.1, 0.15) is 39.6 Å². The highest BCUT2D eigenvalue weighted by Crippen LogP contribution is 2.23. The second kappa shape index (κ2) is 9.25. The van der Waals surface area contributed by atoms with Crippen molar-refractivity contribution >= 4 is 45.7 Å². The van der Waals surface area contributed by atoms with Gasteiger partial charge in [-0.3, -0.25) is 10.1 Å². The van der Waals surface area contributed by atoms with Crippen LogP contribution >= 0.6 is 23.6 Å². The van der Waals surface area contributed by atoms with Crippen molar-refractivity contribution in [3.05, 3.63) is 40.4 Å². The van der Waals surface area contributed by atoms with Crippen LogP contribution in [0.4, 0.5) is 5.13 Å². The Bertz CT molecular complexity index is 820. The van der Waals surface area contributed by atoms with Crippen LogP contribution in [-0.4, -0.2) is 35.2 Å². The molecule has 2 aromatic rings. The van der Waals surface area contributed by atoms with Gasteiger partial charge in [-0.25, -0.2) is 9.78 Å². The van der Waals surface area contributed by atoms with Gasteiger partial charge >= 0.3 is 5.97 Å². The molecule has 0 aliphatic carbocycles. The number of nitrogens with zero attached hydrogens (tertiary/aromatic N) is 1. The molecule has 0 aliphatic rings. The summed E-state index contributed by atoms with van der Waals surface area (Å²) in [6, 6.07) is 6.79. The number of aromatic nitrogens is 1. The highest BCUT2D eigenvalue weighted by Gasteiger charge is 2.17. The van der Waals surface area contributed by atoms with Crippen molar-refractivity contribution in [1.82, 2.24) is 10.3 Å². The van der Waals surface area contributed by atoms with Crippen LogP contribution in [0.5, 0.6) is 5.75 Å². The van der Waals surface area contributed by atoms with Crippen LogP contribution in [0.3, 0.4) is 0 Å². The standard InChI is InChI=1S/C17H19N3O4S2/c1-4-23-12-8-6-7-11(9-12)14(21)19-16(25)20-17-18-10(3)13(26-17)15(22)24-5-2/h6-9H,4-5H2,1-3H3,(H2,18,19,20,21,25). The molecule has 7 nitrogen and oxygen atoms in total. The molecule has 0 spiro atoms. The van der Waals surface area contributed by atoms with E-state index in [-0.39, 0.29) is 17.6 Å². The Hall–Kier alpha value is -2.52. The Labute approximate surface area is 160 Å². The minimum absolute atomic E-state index is 0.0842. The fraction of sp³-hybridized carbons (Fsp3) is 0.294. The van der Waals surface area contributed by atoms with Crippen LogP contribution < -0.4 is 15.4 Å². The molecule has 0 saturated carbocycles. The van der Waals surface area contributed by atoms with Gasteiger partial charge in [0.05, 0.1) is 18.9 Å². The highest BCUT2D eigenvalue weighted by atomic mass is 32.1. The number of rotatable bonds is 6. The van der Waals surface area contributed by atoms with Crippen molar-refractivity contribution in [3.63, 3.8) is 0 Å². The number of aryl methyl sites for hydroxylation is 1. The molecule has 1 aromatic carbocycles. The lowest BCUT2D eigenvalue weighted by Crippen LogP contribution is -2.34. The summed E-state index contributed by atoms with van der Waals surface area (Å²) in [5.41, 5.74) is 0.956. The molecule has 9 heteroatoms. The predicted molar refractivity (Wildman–Crippen MR) is 104 cm³/mol. The third-order valence-corrected chi connectivity index (χ3v) is 4.37. The molecule has 0 fully saturated rings. The average Bonchev–Trinajstić information content (AvgIpc) is 2.95. The van der Waals surface area contributed by atoms with Crippen LogP contribution in [0, 0.1) is 6.92 Å². The smallest absolute Gasteiger partial charge is 0.350 e. The van der Waals surface area contributed by atoms with Gasteiger partial charge in [0.15, 0.2) is 10.2 Å². The minimum Gasteiger partial charge on any atom is -0.494 e. The van der Waals surface area contributed by atoms with E-state index in [9.17, 15) is 9.59 Å². The monoisotopic (exact) mass is 393 g/mol. The number of esters is 1. The van der Waals surface area contributed by atoms with Crippen molar-refractivity contribution in [3.8, 4) is 5.75 Å². The van der Waals surface area contributed by atoms with E-state index in [1.807, 2.05) is 6.92 Å². The molecule has 138 valence electrons. The van der Waals surface area contributed by atoms with E-state index in [1.165, 1.54) is 0 Å². The zero-order valence-electron chi connectivity index (χ0n) is 14.6. The highest BCUT2D eigenvalue weighted by molar-refractivity contribution is 7.80. The Morgan fingerprint density at radius 1 is 1.27 bits per heavy atom. The van der Waals surface area contributed by atoms with Crippen LogP contribution in [0.15, 0.2) is 24.3 Å². The first kappa shape index (κ1) is 19.8. The lowest BCUT2D eigenvalue weighted by molar-refractivity contribution is 0.0531. The summed E-state index contributed by atoms with van der Waals surface area (Å²) in [5.74, 6) is -0.199. The van der Waals surface area contributed by atoms with Crippen LogP contribution in [0.25, 0.3) is 0 Å². The molecule has 2 N–H and O–H groups in total. The van der Waals surface area contributed by atoms with Gasteiger partial charge in [0, 0.05) is 5.56 Å². The molecule has 0 radical (unpaired) electrons. The summed E-state index contributed by atoms with van der Waals surface area (Å²) in [6.07, 6.45) is 0. The number of carbonyl (C=O) groups is 2. The molecule has 0 aliphatic heterocycles. The Morgan fingerprint density at radius 2 is 2.04 bits per heavy atom. The third-order valence-electron chi connectivity index (χ3n) is 3.11. The van der Waals surface area contributed by atoms with Gasteiger partial charge in [0.1, 0.15) is 10.6 Å². The average molecular weight is 393 g/mol. The van der Waals surface area contributed by atoms with Crippen molar-refractivity contribution < 1.29 is 19.1 Å². The number of benzene rings is 1. The zero-order chi connectivity index (χ0) is 19.1. The number of thiazole rings is 1. The van der Waals surface area contributed by atoms with Gasteiger partial charge < -0.3 is 14.8 Å². The first-order valence-electron chi connectivity index (χ1n) is 7.94. The molecule has 0 bridgehead atoms. The second-order valence-corrected chi connectivity index (χ2v) is 6.43. The molecule has 2 rings (SSSR count). The number of carbonyl (C=O) groups excluding carboxylic acids is 2. The van der Waals surface area contributed by atoms with E-state index in [0.717, 1.165) is 11.3 Å². The summed E-state index contributed by atoms with van der Waals surface area (Å²) < 4.78 is 10.3. The van der Waals surface area contributed by atoms with Gasteiger partial charge in [-0.15, -0.1) is 0 Å². The SMILES string of the molecule is CCOC(=O)c1sc(NC(=S)NC(=O)c2cccc(OCC)c2)nc1C. The van der Waals surface area contributed by atoms with E-state index in [4.69, 9.17) is 21.7 Å². The fourth-order valence-electron chi connectivity index (χ4n) is 2.03. The lowest BCUT2D eigenvalue weighted by atomic mass is 10.2. The summed E-state index contributed by atoms with van der Waals surface area (Å²) in [4.78, 5) is 28.7. The summed E-state index contributed by atoms with van der Waals surface area (Å²) in [6.45, 7) is 6.10. The quantitative estimate of drug-likeness (QED) is 0.575. The van der Waals surface area contributed by atoms with Gasteiger partial charge in [-0.2, -0.15) is 0 Å². The molecule has 0 saturated heterocycles. The van der Waals surface area contributed by atoms with Crippen LogP contribution in [0.2, 0.25) is 0 Å². The molecular formula is C17H19N3O4S2. The van der Waals surface area contributed by atoms with Crippen LogP contribution in [-0.2, 0) is 4.74 Å². The van der Waals surface area contributed by atoms with E-state index in [0.29, 0.717) is 33.6 Å². The number of thiocarbonyl (C=S) groups is 1. The summed E-state index contributed by atoms with van der Waals surface area (Å²) >= 11 is 6.25. The molecule has 26 heavy (non-hydrogen) atoms. The van der Waals surface area contributed by atoms with Gasteiger partial charge in [0.2, 0.25) is 0 Å². The fourth-order valence-corrected chi connectivity index (χ4v) is 3.15. The summed E-state index contributed by atoms with van der Waals surface area (Å²) in [5, 5.41) is 5.87. The van der Waals surface area contributed by atoms with E-state index in [1.54, 1.807) is 38.1 Å². The van der Waals surface area contributed by atoms with Gasteiger partial charge in [-0.05, 0) is 51.2 Å². The summed E-state index contributed by atoms with van der Waals surface area (Å²) in [7, 11) is 0. The molecule has 0 atom stereocenters. The maximum Gasteiger partial charge on any atom is 0.350 e. The number of hydrogen-bond acceptors (Lipinski definition) is 7. The van der Waals surface area contributed by atoms with Gasteiger partial charge in [-0.1, -0.05) is 17.4 Å². The Morgan fingerprint density at radius 3 is 2.73 bits per heavy atom. The maximum atomic E-state index is 12.3. The van der Waals surface area contributed by atoms with E-state index >= 15 is 0 Å². The van der Waals surface area contributed by atoms with Crippen molar-refractivity contribution in [2.24, 2.45) is 0 Å².